The molecule has 0 saturated carbocycles. The first-order valence-electron chi connectivity index (χ1n) is 6.74. The maximum atomic E-state index is 11.6. The Bertz CT molecular complexity index is 490. The first-order chi connectivity index (χ1) is 9.69. The van der Waals surface area contributed by atoms with Gasteiger partial charge in [-0.3, -0.25) is 19.9 Å². The van der Waals surface area contributed by atoms with Gasteiger partial charge in [0.05, 0.1) is 13.0 Å². The smallest absolute Gasteiger partial charge is 0.238 e. The second-order valence-corrected chi connectivity index (χ2v) is 4.93. The fourth-order valence-corrected chi connectivity index (χ4v) is 2.35. The van der Waals surface area contributed by atoms with Crippen molar-refractivity contribution in [3.63, 3.8) is 0 Å². The van der Waals surface area contributed by atoms with Crippen LogP contribution in [0.3, 0.4) is 0 Å². The molecule has 6 heteroatoms. The molecule has 0 radical (unpaired) electrons. The van der Waals surface area contributed by atoms with Gasteiger partial charge in [-0.25, -0.2) is 5.84 Å². The van der Waals surface area contributed by atoms with Crippen molar-refractivity contribution in [2.24, 2.45) is 5.84 Å². The van der Waals surface area contributed by atoms with E-state index in [1.807, 2.05) is 24.3 Å². The number of hydrazine groups is 1. The molecular formula is C14H20N4O2. The van der Waals surface area contributed by atoms with Gasteiger partial charge in [0, 0.05) is 19.6 Å². The van der Waals surface area contributed by atoms with E-state index >= 15 is 0 Å². The first-order valence-corrected chi connectivity index (χ1v) is 6.74. The molecule has 1 aliphatic heterocycles. The molecule has 0 unspecified atom stereocenters. The highest BCUT2D eigenvalue weighted by atomic mass is 16.2. The number of hydrogen-bond acceptors (Lipinski definition) is 4. The molecule has 0 atom stereocenters. The molecule has 1 aromatic carbocycles. The topological polar surface area (TPSA) is 87.5 Å². The van der Waals surface area contributed by atoms with Crippen LogP contribution in [0.1, 0.15) is 17.5 Å². The van der Waals surface area contributed by atoms with Crippen LogP contribution in [0, 0.1) is 0 Å². The Hall–Kier alpha value is -1.92. The molecule has 1 saturated heterocycles. The minimum atomic E-state index is -0.217. The first kappa shape index (κ1) is 14.5. The van der Waals surface area contributed by atoms with Crippen LogP contribution in [0.2, 0.25) is 0 Å². The molecular weight excluding hydrogens is 256 g/mol. The van der Waals surface area contributed by atoms with Crippen LogP contribution in [-0.2, 0) is 22.6 Å². The Morgan fingerprint density at radius 1 is 1.35 bits per heavy atom. The molecule has 2 rings (SSSR count). The van der Waals surface area contributed by atoms with Gasteiger partial charge in [-0.05, 0) is 17.5 Å². The summed E-state index contributed by atoms with van der Waals surface area (Å²) in [5, 5.41) is 2.85. The summed E-state index contributed by atoms with van der Waals surface area (Å²) in [6.45, 7) is 2.67. The summed E-state index contributed by atoms with van der Waals surface area (Å²) in [7, 11) is 0. The van der Waals surface area contributed by atoms with Crippen LogP contribution in [0.25, 0.3) is 0 Å². The molecule has 1 aromatic rings. The Morgan fingerprint density at radius 3 is 2.85 bits per heavy atom. The largest absolute Gasteiger partial charge is 0.355 e. The van der Waals surface area contributed by atoms with E-state index in [2.05, 4.69) is 15.6 Å². The third-order valence-corrected chi connectivity index (χ3v) is 3.36. The molecule has 20 heavy (non-hydrogen) atoms. The zero-order valence-electron chi connectivity index (χ0n) is 11.4. The average Bonchev–Trinajstić information content (AvgIpc) is 2.65. The van der Waals surface area contributed by atoms with Crippen LogP contribution in [0.15, 0.2) is 24.3 Å². The zero-order chi connectivity index (χ0) is 14.4. The number of carbonyl (C=O) groups is 2. The van der Waals surface area contributed by atoms with Gasteiger partial charge in [0.1, 0.15) is 0 Å². The van der Waals surface area contributed by atoms with Gasteiger partial charge in [-0.1, -0.05) is 24.3 Å². The quantitative estimate of drug-likeness (QED) is 0.394. The molecule has 108 valence electrons. The normalized spacial score (nSPS) is 16.4. The van der Waals surface area contributed by atoms with E-state index in [9.17, 15) is 9.59 Å². The van der Waals surface area contributed by atoms with E-state index in [1.54, 1.807) is 0 Å². The number of amides is 2. The molecule has 0 bridgehead atoms. The SMILES string of the molecule is NNC(=O)Cc1ccccc1CN1CCCNC(=O)C1. The van der Waals surface area contributed by atoms with Crippen molar-refractivity contribution < 1.29 is 9.59 Å². The van der Waals surface area contributed by atoms with Crippen LogP contribution in [-0.4, -0.2) is 36.3 Å². The Kier molecular flexibility index (Phi) is 5.09. The lowest BCUT2D eigenvalue weighted by Crippen LogP contribution is -2.34. The highest BCUT2D eigenvalue weighted by molar-refractivity contribution is 5.79. The van der Waals surface area contributed by atoms with Crippen molar-refractivity contribution in [1.29, 1.82) is 0 Å². The van der Waals surface area contributed by atoms with E-state index in [4.69, 9.17) is 5.84 Å². The third-order valence-electron chi connectivity index (χ3n) is 3.36. The number of nitrogens with one attached hydrogen (secondary N) is 2. The summed E-state index contributed by atoms with van der Waals surface area (Å²) in [5.74, 6) is 4.97. The summed E-state index contributed by atoms with van der Waals surface area (Å²) >= 11 is 0. The molecule has 0 spiro atoms. The molecule has 1 heterocycles. The fraction of sp³-hybridized carbons (Fsp3) is 0.429. The van der Waals surface area contributed by atoms with Gasteiger partial charge in [0.15, 0.2) is 0 Å². The maximum absolute atomic E-state index is 11.6. The van der Waals surface area contributed by atoms with Crippen LogP contribution >= 0.6 is 0 Å². The summed E-state index contributed by atoms with van der Waals surface area (Å²) < 4.78 is 0. The van der Waals surface area contributed by atoms with Gasteiger partial charge in [-0.2, -0.15) is 0 Å². The molecule has 1 fully saturated rings. The fourth-order valence-electron chi connectivity index (χ4n) is 2.35. The minimum Gasteiger partial charge on any atom is -0.355 e. The van der Waals surface area contributed by atoms with E-state index in [-0.39, 0.29) is 18.2 Å². The second kappa shape index (κ2) is 7.02. The number of benzene rings is 1. The van der Waals surface area contributed by atoms with Crippen molar-refractivity contribution in [2.45, 2.75) is 19.4 Å². The highest BCUT2D eigenvalue weighted by Gasteiger charge is 2.16. The van der Waals surface area contributed by atoms with Crippen LogP contribution in [0.4, 0.5) is 0 Å². The standard InChI is InChI=1S/C14H20N4O2/c15-17-13(19)8-11-4-1-2-5-12(11)9-18-7-3-6-16-14(20)10-18/h1-2,4-5H,3,6-10,15H2,(H,16,20)(H,17,19). The van der Waals surface area contributed by atoms with Gasteiger partial charge in [-0.15, -0.1) is 0 Å². The summed E-state index contributed by atoms with van der Waals surface area (Å²) in [6, 6.07) is 7.75. The van der Waals surface area contributed by atoms with Crippen molar-refractivity contribution in [3.05, 3.63) is 35.4 Å². The van der Waals surface area contributed by atoms with Crippen molar-refractivity contribution >= 4 is 11.8 Å². The number of rotatable bonds is 4. The van der Waals surface area contributed by atoms with Gasteiger partial charge in [0.2, 0.25) is 11.8 Å². The highest BCUT2D eigenvalue weighted by Crippen LogP contribution is 2.13. The van der Waals surface area contributed by atoms with Crippen molar-refractivity contribution in [3.8, 4) is 0 Å². The van der Waals surface area contributed by atoms with Crippen LogP contribution < -0.4 is 16.6 Å². The van der Waals surface area contributed by atoms with Gasteiger partial charge in [0.25, 0.3) is 0 Å². The number of hydrogen-bond donors (Lipinski definition) is 3. The lowest BCUT2D eigenvalue weighted by atomic mass is 10.0. The Balaban J connectivity index is 2.07. The molecule has 4 N–H and O–H groups in total. The second-order valence-electron chi connectivity index (χ2n) is 4.93. The summed E-state index contributed by atoms with van der Waals surface area (Å²) in [4.78, 5) is 25.1. The predicted molar refractivity (Wildman–Crippen MR) is 75.4 cm³/mol. The molecule has 1 aliphatic rings. The number of carbonyl (C=O) groups excluding carboxylic acids is 2. The Morgan fingerprint density at radius 2 is 2.10 bits per heavy atom. The van der Waals surface area contributed by atoms with E-state index in [0.29, 0.717) is 13.1 Å². The van der Waals surface area contributed by atoms with Crippen molar-refractivity contribution in [1.82, 2.24) is 15.6 Å². The third kappa shape index (κ3) is 4.04. The lowest BCUT2D eigenvalue weighted by molar-refractivity contribution is -0.122. The molecule has 0 aliphatic carbocycles. The monoisotopic (exact) mass is 276 g/mol. The zero-order valence-corrected chi connectivity index (χ0v) is 11.4. The predicted octanol–water partition coefficient (Wildman–Crippen LogP) is -0.459. The van der Waals surface area contributed by atoms with Crippen LogP contribution in [0.5, 0.6) is 0 Å². The van der Waals surface area contributed by atoms with E-state index in [0.717, 1.165) is 30.6 Å². The van der Waals surface area contributed by atoms with Gasteiger partial charge >= 0.3 is 0 Å². The summed E-state index contributed by atoms with van der Waals surface area (Å²) in [6.07, 6.45) is 1.20. The minimum absolute atomic E-state index is 0.0553. The van der Waals surface area contributed by atoms with E-state index in [1.165, 1.54) is 0 Å². The van der Waals surface area contributed by atoms with Crippen molar-refractivity contribution in [2.75, 3.05) is 19.6 Å². The molecule has 6 nitrogen and oxygen atoms in total. The van der Waals surface area contributed by atoms with E-state index < -0.39 is 0 Å². The Labute approximate surface area is 118 Å². The van der Waals surface area contributed by atoms with Gasteiger partial charge < -0.3 is 5.32 Å². The maximum Gasteiger partial charge on any atom is 0.238 e. The molecule has 0 aromatic heterocycles. The average molecular weight is 276 g/mol. The number of nitrogens with zero attached hydrogens (tertiary/aromatic N) is 1. The lowest BCUT2D eigenvalue weighted by Gasteiger charge is -2.20. The number of nitrogens with two attached hydrogens (primary N) is 1. The molecule has 2 amide bonds. The summed E-state index contributed by atoms with van der Waals surface area (Å²) in [5.41, 5.74) is 4.15.